The topological polar surface area (TPSA) is 84.2 Å². The molecule has 0 amide bonds. The monoisotopic (exact) mass is 277 g/mol. The second-order valence-electron chi connectivity index (χ2n) is 3.16. The van der Waals surface area contributed by atoms with Gasteiger partial charge in [-0.3, -0.25) is 4.72 Å². The van der Waals surface area contributed by atoms with E-state index in [1.54, 1.807) is 6.92 Å². The van der Waals surface area contributed by atoms with Crippen molar-refractivity contribution >= 4 is 33.1 Å². The quantitative estimate of drug-likeness (QED) is 0.693. The van der Waals surface area contributed by atoms with E-state index in [2.05, 4.69) is 9.44 Å². The van der Waals surface area contributed by atoms with Crippen LogP contribution in [0.2, 0.25) is 0 Å². The Hall–Kier alpha value is -1.25. The highest BCUT2D eigenvalue weighted by Crippen LogP contribution is 2.17. The first-order chi connectivity index (χ1) is 7.85. The Balaban J connectivity index is 3.11. The van der Waals surface area contributed by atoms with Crippen molar-refractivity contribution in [2.75, 3.05) is 11.3 Å². The van der Waals surface area contributed by atoms with Crippen LogP contribution >= 0.6 is 12.2 Å². The number of rotatable bonds is 5. The smallest absolute Gasteiger partial charge is 0.299 e. The fourth-order valence-corrected chi connectivity index (χ4v) is 2.27. The van der Waals surface area contributed by atoms with Gasteiger partial charge >= 0.3 is 0 Å². The summed E-state index contributed by atoms with van der Waals surface area (Å²) in [7, 11) is -3.69. The van der Waals surface area contributed by atoms with Crippen LogP contribution in [0.15, 0.2) is 18.2 Å². The van der Waals surface area contributed by atoms with Gasteiger partial charge in [0.2, 0.25) is 0 Å². The lowest BCUT2D eigenvalue weighted by Crippen LogP contribution is -2.30. The molecule has 1 aromatic carbocycles. The van der Waals surface area contributed by atoms with Crippen molar-refractivity contribution in [3.63, 3.8) is 0 Å². The average molecular weight is 277 g/mol. The van der Waals surface area contributed by atoms with Gasteiger partial charge in [0, 0.05) is 12.1 Å². The Morgan fingerprint density at radius 1 is 1.53 bits per heavy atom. The van der Waals surface area contributed by atoms with E-state index in [9.17, 15) is 12.8 Å². The van der Waals surface area contributed by atoms with E-state index < -0.39 is 16.0 Å². The zero-order valence-electron chi connectivity index (χ0n) is 9.03. The van der Waals surface area contributed by atoms with Crippen LogP contribution in [-0.2, 0) is 10.2 Å². The zero-order chi connectivity index (χ0) is 13.1. The number of nitrogens with one attached hydrogen (secondary N) is 2. The molecule has 0 saturated carbocycles. The van der Waals surface area contributed by atoms with Gasteiger partial charge in [0.1, 0.15) is 10.8 Å². The summed E-state index contributed by atoms with van der Waals surface area (Å²) in [6, 6.07) is 3.45. The molecule has 0 bridgehead atoms. The van der Waals surface area contributed by atoms with E-state index >= 15 is 0 Å². The zero-order valence-corrected chi connectivity index (χ0v) is 10.7. The summed E-state index contributed by atoms with van der Waals surface area (Å²) in [5.41, 5.74) is 5.66. The maximum absolute atomic E-state index is 13.0. The highest BCUT2D eigenvalue weighted by atomic mass is 32.2. The normalized spacial score (nSPS) is 11.2. The molecule has 0 unspecified atom stereocenters. The molecule has 0 aromatic heterocycles. The highest BCUT2D eigenvalue weighted by Gasteiger charge is 2.13. The lowest BCUT2D eigenvalue weighted by molar-refractivity contribution is 0.589. The first-order valence-electron chi connectivity index (χ1n) is 4.72. The van der Waals surface area contributed by atoms with E-state index in [4.69, 9.17) is 18.0 Å². The molecule has 94 valence electrons. The van der Waals surface area contributed by atoms with Crippen LogP contribution in [0.4, 0.5) is 10.1 Å². The molecule has 0 aliphatic heterocycles. The molecule has 1 aromatic rings. The molecule has 0 fully saturated rings. The van der Waals surface area contributed by atoms with Crippen LogP contribution in [0.1, 0.15) is 12.5 Å². The van der Waals surface area contributed by atoms with Gasteiger partial charge in [-0.05, 0) is 18.2 Å². The summed E-state index contributed by atoms with van der Waals surface area (Å²) in [6.07, 6.45) is 0. The molecule has 0 spiro atoms. The minimum atomic E-state index is -3.69. The molecule has 1 rings (SSSR count). The molecule has 5 nitrogen and oxygen atoms in total. The van der Waals surface area contributed by atoms with Gasteiger partial charge in [-0.2, -0.15) is 13.1 Å². The summed E-state index contributed by atoms with van der Waals surface area (Å²) in [6.45, 7) is 1.87. The molecule has 0 atom stereocenters. The third-order valence-corrected chi connectivity index (χ3v) is 3.20. The number of hydrogen-bond acceptors (Lipinski definition) is 3. The standard InChI is InChI=1S/C9H12FN3O2S2/c1-2-12-17(14,15)13-8-4-3-6(10)5-7(8)9(11)16/h3-5,12-13H,2H2,1H3,(H2,11,16). The number of thiocarbonyl (C=S) groups is 1. The first-order valence-corrected chi connectivity index (χ1v) is 6.61. The number of benzene rings is 1. The van der Waals surface area contributed by atoms with Gasteiger partial charge in [-0.1, -0.05) is 19.1 Å². The Morgan fingerprint density at radius 2 is 2.18 bits per heavy atom. The number of hydrogen-bond donors (Lipinski definition) is 3. The summed E-state index contributed by atoms with van der Waals surface area (Å²) in [5.74, 6) is -0.542. The van der Waals surface area contributed by atoms with Gasteiger partial charge < -0.3 is 5.73 Å². The van der Waals surface area contributed by atoms with Crippen molar-refractivity contribution in [3.05, 3.63) is 29.6 Å². The number of anilines is 1. The lowest BCUT2D eigenvalue weighted by Gasteiger charge is -2.11. The molecule has 0 radical (unpaired) electrons. The second-order valence-corrected chi connectivity index (χ2v) is 5.10. The Bertz CT molecular complexity index is 531. The number of nitrogens with two attached hydrogens (primary N) is 1. The molecule has 4 N–H and O–H groups in total. The van der Waals surface area contributed by atoms with Crippen LogP contribution in [0.3, 0.4) is 0 Å². The molecular formula is C9H12FN3O2S2. The van der Waals surface area contributed by atoms with Crippen LogP contribution in [0.5, 0.6) is 0 Å². The molecule has 0 heterocycles. The highest BCUT2D eigenvalue weighted by molar-refractivity contribution is 7.90. The first kappa shape index (κ1) is 13.8. The second kappa shape index (κ2) is 5.39. The van der Waals surface area contributed by atoms with E-state index in [-0.39, 0.29) is 22.8 Å². The minimum Gasteiger partial charge on any atom is -0.389 e. The molecule has 0 saturated heterocycles. The summed E-state index contributed by atoms with van der Waals surface area (Å²) >= 11 is 4.72. The van der Waals surface area contributed by atoms with Crippen molar-refractivity contribution in [1.29, 1.82) is 0 Å². The van der Waals surface area contributed by atoms with Gasteiger partial charge in [0.15, 0.2) is 0 Å². The van der Waals surface area contributed by atoms with Crippen LogP contribution < -0.4 is 15.2 Å². The predicted molar refractivity (Wildman–Crippen MR) is 68.5 cm³/mol. The number of halogens is 1. The van der Waals surface area contributed by atoms with Crippen LogP contribution in [0, 0.1) is 5.82 Å². The van der Waals surface area contributed by atoms with Crippen molar-refractivity contribution in [2.24, 2.45) is 5.73 Å². The van der Waals surface area contributed by atoms with Gasteiger partial charge in [-0.15, -0.1) is 0 Å². The minimum absolute atomic E-state index is 0.0845. The third-order valence-electron chi connectivity index (χ3n) is 1.83. The van der Waals surface area contributed by atoms with Crippen molar-refractivity contribution in [1.82, 2.24) is 4.72 Å². The summed E-state index contributed by atoms with van der Waals surface area (Å²) in [5, 5.41) is 0. The van der Waals surface area contributed by atoms with Crippen LogP contribution in [-0.4, -0.2) is 20.0 Å². The van der Waals surface area contributed by atoms with E-state index in [1.807, 2.05) is 0 Å². The fraction of sp³-hybridized carbons (Fsp3) is 0.222. The third kappa shape index (κ3) is 3.91. The lowest BCUT2D eigenvalue weighted by atomic mass is 10.2. The van der Waals surface area contributed by atoms with Crippen molar-refractivity contribution in [3.8, 4) is 0 Å². The van der Waals surface area contributed by atoms with E-state index in [0.717, 1.165) is 12.1 Å². The SMILES string of the molecule is CCNS(=O)(=O)Nc1ccc(F)cc1C(N)=S. The molecule has 0 aliphatic carbocycles. The largest absolute Gasteiger partial charge is 0.389 e. The fourth-order valence-electron chi connectivity index (χ4n) is 1.18. The van der Waals surface area contributed by atoms with Crippen molar-refractivity contribution in [2.45, 2.75) is 6.92 Å². The van der Waals surface area contributed by atoms with Crippen LogP contribution in [0.25, 0.3) is 0 Å². The Labute approximate surface area is 104 Å². The maximum atomic E-state index is 13.0. The van der Waals surface area contributed by atoms with Gasteiger partial charge in [-0.25, -0.2) is 4.39 Å². The van der Waals surface area contributed by atoms with Crippen molar-refractivity contribution < 1.29 is 12.8 Å². The molecule has 0 aliphatic rings. The van der Waals surface area contributed by atoms with E-state index in [0.29, 0.717) is 0 Å². The van der Waals surface area contributed by atoms with Gasteiger partial charge in [0.25, 0.3) is 10.2 Å². The Morgan fingerprint density at radius 3 is 2.71 bits per heavy atom. The average Bonchev–Trinajstić information content (AvgIpc) is 2.20. The molecule has 17 heavy (non-hydrogen) atoms. The predicted octanol–water partition coefficient (Wildman–Crippen LogP) is 0.726. The molecule has 8 heteroatoms. The van der Waals surface area contributed by atoms with E-state index in [1.165, 1.54) is 6.07 Å². The summed E-state index contributed by atoms with van der Waals surface area (Å²) in [4.78, 5) is -0.0845. The summed E-state index contributed by atoms with van der Waals surface area (Å²) < 4.78 is 40.4. The molecular weight excluding hydrogens is 265 g/mol. The van der Waals surface area contributed by atoms with Gasteiger partial charge in [0.05, 0.1) is 5.69 Å². The Kier molecular flexibility index (Phi) is 4.38. The maximum Gasteiger partial charge on any atom is 0.299 e.